The molecule has 0 radical (unpaired) electrons. The molecule has 0 aromatic carbocycles. The molecule has 1 fully saturated rings. The fraction of sp³-hybridized carbons (Fsp3) is 0.941. The zero-order valence-corrected chi connectivity index (χ0v) is 15.5. The van der Waals surface area contributed by atoms with Crippen molar-refractivity contribution in [3.8, 4) is 0 Å². The van der Waals surface area contributed by atoms with E-state index in [0.29, 0.717) is 10.8 Å². The second-order valence-corrected chi connectivity index (χ2v) is 13.3. The fourth-order valence-electron chi connectivity index (χ4n) is 2.78. The first-order chi connectivity index (χ1) is 9.06. The quantitative estimate of drug-likeness (QED) is 0.489. The molecule has 2 nitrogen and oxygen atoms in total. The van der Waals surface area contributed by atoms with E-state index < -0.39 is 8.32 Å². The molecule has 1 saturated carbocycles. The lowest BCUT2D eigenvalue weighted by Crippen LogP contribution is -2.41. The zero-order valence-electron chi connectivity index (χ0n) is 14.5. The largest absolute Gasteiger partial charge is 0.417 e. The Hall–Kier alpha value is -0.153. The topological polar surface area (TPSA) is 26.3 Å². The SMILES string of the molecule is CC1(CCCCO[Si](C)(C)C(C)(C)C)CCCC(=O)C1. The highest BCUT2D eigenvalue weighted by atomic mass is 28.4. The van der Waals surface area contributed by atoms with E-state index in [2.05, 4.69) is 40.8 Å². The van der Waals surface area contributed by atoms with Crippen LogP contribution in [-0.4, -0.2) is 20.7 Å². The van der Waals surface area contributed by atoms with Gasteiger partial charge in [0, 0.05) is 19.4 Å². The molecule has 0 amide bonds. The maximum absolute atomic E-state index is 11.6. The highest BCUT2D eigenvalue weighted by molar-refractivity contribution is 6.74. The van der Waals surface area contributed by atoms with Crippen LogP contribution in [0, 0.1) is 5.41 Å². The molecule has 118 valence electrons. The van der Waals surface area contributed by atoms with Gasteiger partial charge in [-0.1, -0.05) is 34.1 Å². The average molecular weight is 299 g/mol. The monoisotopic (exact) mass is 298 g/mol. The predicted octanol–water partition coefficient (Wildman–Crippen LogP) is 5.33. The van der Waals surface area contributed by atoms with Crippen molar-refractivity contribution in [2.75, 3.05) is 6.61 Å². The molecule has 0 aliphatic heterocycles. The number of unbranched alkanes of at least 4 members (excludes halogenated alkanes) is 1. The summed E-state index contributed by atoms with van der Waals surface area (Å²) in [6.07, 6.45) is 7.44. The number of hydrogen-bond donors (Lipinski definition) is 0. The minimum absolute atomic E-state index is 0.270. The molecule has 1 rings (SSSR count). The van der Waals surface area contributed by atoms with Crippen LogP contribution < -0.4 is 0 Å². The third kappa shape index (κ3) is 5.32. The van der Waals surface area contributed by atoms with E-state index in [1.54, 1.807) is 0 Å². The van der Waals surface area contributed by atoms with Crippen molar-refractivity contribution in [2.24, 2.45) is 5.41 Å². The van der Waals surface area contributed by atoms with Gasteiger partial charge in [-0.25, -0.2) is 0 Å². The Morgan fingerprint density at radius 2 is 1.90 bits per heavy atom. The Kier molecular flexibility index (Phi) is 6.03. The van der Waals surface area contributed by atoms with E-state index in [-0.39, 0.29) is 5.41 Å². The fourth-order valence-corrected chi connectivity index (χ4v) is 3.86. The van der Waals surface area contributed by atoms with Crippen molar-refractivity contribution in [1.82, 2.24) is 0 Å². The number of carbonyl (C=O) groups is 1. The lowest BCUT2D eigenvalue weighted by Gasteiger charge is -2.36. The normalized spacial score (nSPS) is 25.0. The highest BCUT2D eigenvalue weighted by Crippen LogP contribution is 2.39. The van der Waals surface area contributed by atoms with Gasteiger partial charge in [0.25, 0.3) is 0 Å². The molecule has 1 unspecified atom stereocenters. The predicted molar refractivity (Wildman–Crippen MR) is 88.6 cm³/mol. The lowest BCUT2D eigenvalue weighted by atomic mass is 9.72. The third-order valence-electron chi connectivity index (χ3n) is 5.30. The van der Waals surface area contributed by atoms with Gasteiger partial charge < -0.3 is 4.43 Å². The minimum atomic E-state index is -1.58. The molecule has 0 aromatic rings. The van der Waals surface area contributed by atoms with Gasteiger partial charge in [0.2, 0.25) is 0 Å². The van der Waals surface area contributed by atoms with Gasteiger partial charge in [-0.15, -0.1) is 0 Å². The van der Waals surface area contributed by atoms with Crippen LogP contribution in [0.25, 0.3) is 0 Å². The summed E-state index contributed by atoms with van der Waals surface area (Å²) in [5.41, 5.74) is 0.270. The number of carbonyl (C=O) groups excluding carboxylic acids is 1. The van der Waals surface area contributed by atoms with Crippen LogP contribution in [0.2, 0.25) is 18.1 Å². The summed E-state index contributed by atoms with van der Waals surface area (Å²) in [4.78, 5) is 11.6. The first-order valence-corrected chi connectivity index (χ1v) is 11.1. The van der Waals surface area contributed by atoms with E-state index in [9.17, 15) is 4.79 Å². The molecular formula is C17H34O2Si. The Balaban J connectivity index is 2.24. The first-order valence-electron chi connectivity index (χ1n) is 8.21. The summed E-state index contributed by atoms with van der Waals surface area (Å²) in [6.45, 7) is 14.7. The molecule has 0 bridgehead atoms. The van der Waals surface area contributed by atoms with Crippen LogP contribution >= 0.6 is 0 Å². The molecule has 1 aliphatic carbocycles. The van der Waals surface area contributed by atoms with Gasteiger partial charge in [0.05, 0.1) is 0 Å². The van der Waals surface area contributed by atoms with Crippen molar-refractivity contribution >= 4 is 14.1 Å². The van der Waals surface area contributed by atoms with Crippen LogP contribution in [0.15, 0.2) is 0 Å². The zero-order chi connectivity index (χ0) is 15.4. The Morgan fingerprint density at radius 1 is 1.25 bits per heavy atom. The van der Waals surface area contributed by atoms with Crippen molar-refractivity contribution in [1.29, 1.82) is 0 Å². The molecule has 0 N–H and O–H groups in total. The molecule has 0 heterocycles. The molecule has 1 aliphatic rings. The maximum atomic E-state index is 11.6. The van der Waals surface area contributed by atoms with Gasteiger partial charge in [0.15, 0.2) is 8.32 Å². The number of Topliss-reactive ketones (excluding diaryl/α,β-unsaturated/α-hetero) is 1. The van der Waals surface area contributed by atoms with Crippen LogP contribution in [-0.2, 0) is 9.22 Å². The maximum Gasteiger partial charge on any atom is 0.191 e. The Bertz CT molecular complexity index is 330. The summed E-state index contributed by atoms with van der Waals surface area (Å²) in [7, 11) is -1.58. The molecule has 3 heteroatoms. The molecule has 0 saturated heterocycles. The standard InChI is InChI=1S/C17H34O2Si/c1-16(2,3)20(5,6)19-13-8-7-11-17(4)12-9-10-15(18)14-17/h7-14H2,1-6H3. The van der Waals surface area contributed by atoms with Gasteiger partial charge >= 0.3 is 0 Å². The summed E-state index contributed by atoms with van der Waals surface area (Å²) in [6, 6.07) is 0. The second kappa shape index (κ2) is 6.74. The van der Waals surface area contributed by atoms with E-state index in [1.165, 1.54) is 19.3 Å². The molecular weight excluding hydrogens is 264 g/mol. The molecule has 20 heavy (non-hydrogen) atoms. The van der Waals surface area contributed by atoms with Crippen molar-refractivity contribution < 1.29 is 9.22 Å². The molecule has 0 aromatic heterocycles. The number of hydrogen-bond acceptors (Lipinski definition) is 2. The summed E-state index contributed by atoms with van der Waals surface area (Å²) in [5.74, 6) is 0.469. The molecule has 0 spiro atoms. The summed E-state index contributed by atoms with van der Waals surface area (Å²) < 4.78 is 6.21. The van der Waals surface area contributed by atoms with Crippen molar-refractivity contribution in [3.63, 3.8) is 0 Å². The van der Waals surface area contributed by atoms with Crippen molar-refractivity contribution in [2.45, 2.75) is 90.8 Å². The average Bonchev–Trinajstić information content (AvgIpc) is 2.26. The van der Waals surface area contributed by atoms with E-state index >= 15 is 0 Å². The Labute approximate surface area is 126 Å². The van der Waals surface area contributed by atoms with Crippen LogP contribution in [0.5, 0.6) is 0 Å². The number of rotatable bonds is 6. The van der Waals surface area contributed by atoms with Crippen LogP contribution in [0.1, 0.15) is 72.6 Å². The summed E-state index contributed by atoms with van der Waals surface area (Å²) >= 11 is 0. The minimum Gasteiger partial charge on any atom is -0.417 e. The van der Waals surface area contributed by atoms with Crippen LogP contribution in [0.3, 0.4) is 0 Å². The lowest BCUT2D eigenvalue weighted by molar-refractivity contribution is -0.123. The highest BCUT2D eigenvalue weighted by Gasteiger charge is 2.37. The van der Waals surface area contributed by atoms with Crippen molar-refractivity contribution in [3.05, 3.63) is 0 Å². The Morgan fingerprint density at radius 3 is 2.45 bits per heavy atom. The van der Waals surface area contributed by atoms with E-state index in [0.717, 1.165) is 32.3 Å². The van der Waals surface area contributed by atoms with E-state index in [1.807, 2.05) is 0 Å². The molecule has 1 atom stereocenters. The van der Waals surface area contributed by atoms with Gasteiger partial charge in [0.1, 0.15) is 5.78 Å². The van der Waals surface area contributed by atoms with Gasteiger partial charge in [-0.05, 0) is 49.2 Å². The van der Waals surface area contributed by atoms with Gasteiger partial charge in [-0.3, -0.25) is 4.79 Å². The second-order valence-electron chi connectivity index (χ2n) is 8.45. The van der Waals surface area contributed by atoms with Crippen LogP contribution in [0.4, 0.5) is 0 Å². The van der Waals surface area contributed by atoms with Gasteiger partial charge in [-0.2, -0.15) is 0 Å². The number of ketones is 1. The first kappa shape index (κ1) is 17.9. The van der Waals surface area contributed by atoms with E-state index in [4.69, 9.17) is 4.43 Å². The smallest absolute Gasteiger partial charge is 0.191 e. The summed E-state index contributed by atoms with van der Waals surface area (Å²) in [5, 5.41) is 0.300. The third-order valence-corrected chi connectivity index (χ3v) is 9.84.